The van der Waals surface area contributed by atoms with E-state index < -0.39 is 12.0 Å². The van der Waals surface area contributed by atoms with E-state index in [0.717, 1.165) is 213 Å². The number of aromatic nitrogens is 2. The van der Waals surface area contributed by atoms with Gasteiger partial charge in [0.1, 0.15) is 44.4 Å². The summed E-state index contributed by atoms with van der Waals surface area (Å²) in [4.78, 5) is 105. The molecule has 138 heavy (non-hydrogen) atoms. The highest BCUT2D eigenvalue weighted by Crippen LogP contribution is 2.27. The van der Waals surface area contributed by atoms with Crippen LogP contribution in [0.4, 0.5) is 80.8 Å². The maximum Gasteiger partial charge on any atom is 0.323 e. The molecular weight excluding hydrogens is 1760 g/mol. The Balaban J connectivity index is 0.000000140. The summed E-state index contributed by atoms with van der Waals surface area (Å²) in [6.45, 7) is 19.1. The van der Waals surface area contributed by atoms with Gasteiger partial charge < -0.3 is 78.6 Å². The molecule has 7 aliphatic rings. The number of hydrogen-bond acceptors (Lipinski definition) is 15. The molecule has 32 heteroatoms. The molecule has 1 aromatic heterocycles. The quantitative estimate of drug-likeness (QED) is 0.0219. The monoisotopic (exact) mass is 1880 g/mol. The van der Waals surface area contributed by atoms with E-state index in [0.29, 0.717) is 69.7 Å². The van der Waals surface area contributed by atoms with Gasteiger partial charge in [0.05, 0.1) is 69.2 Å². The van der Waals surface area contributed by atoms with E-state index in [-0.39, 0.29) is 35.9 Å². The molecule has 22 N–H and O–H groups in total. The molecule has 2 saturated heterocycles. The van der Waals surface area contributed by atoms with Gasteiger partial charge in [-0.1, -0.05) is 96.5 Å². The second kappa shape index (κ2) is 48.7. The molecule has 710 valence electrons. The number of nitrogens with zero attached hydrogens (tertiary/aromatic N) is 4. The van der Waals surface area contributed by atoms with Crippen molar-refractivity contribution in [2.24, 2.45) is 15.9 Å². The minimum Gasteiger partial charge on any atom is -0.545 e. The number of carbonyl (C=O) groups is 6. The Kier molecular flexibility index (Phi) is 34.3. The Morgan fingerprint density at radius 3 is 1.62 bits per heavy atom. The van der Waals surface area contributed by atoms with Crippen LogP contribution in [0.2, 0.25) is 5.02 Å². The van der Waals surface area contributed by atoms with Gasteiger partial charge in [-0.2, -0.15) is 0 Å². The lowest BCUT2D eigenvalue weighted by molar-refractivity contribution is -0.907. The highest BCUT2D eigenvalue weighted by atomic mass is 35.5. The highest BCUT2D eigenvalue weighted by Gasteiger charge is 2.27. The van der Waals surface area contributed by atoms with Crippen LogP contribution in [0.5, 0.6) is 0 Å². The fraction of sp³-hybridized carbons (Fsp3) is 0.283. The van der Waals surface area contributed by atoms with E-state index in [2.05, 4.69) is 154 Å². The summed E-state index contributed by atoms with van der Waals surface area (Å²) < 4.78 is 0. The van der Waals surface area contributed by atoms with Crippen molar-refractivity contribution in [3.8, 4) is 0 Å². The summed E-state index contributed by atoms with van der Waals surface area (Å²) in [5, 5.41) is 62.5. The number of rotatable bonds is 28. The molecule has 0 radical (unpaired) electrons. The average Bonchev–Trinajstić information content (AvgIpc) is 1.53. The minimum absolute atomic E-state index is 0.0295. The molecule has 8 heterocycles. The smallest absolute Gasteiger partial charge is 0.323 e. The van der Waals surface area contributed by atoms with Crippen molar-refractivity contribution in [1.29, 1.82) is 0 Å². The molecule has 0 aliphatic carbocycles. The fourth-order valence-electron chi connectivity index (χ4n) is 17.6. The first-order chi connectivity index (χ1) is 67.2. The summed E-state index contributed by atoms with van der Waals surface area (Å²) in [5.74, 6) is 3.10. The van der Waals surface area contributed by atoms with Gasteiger partial charge >= 0.3 is 30.2 Å². The summed E-state index contributed by atoms with van der Waals surface area (Å²) in [7, 11) is 0. The lowest BCUT2D eigenvalue weighted by Gasteiger charge is -2.28. The largest absolute Gasteiger partial charge is 0.545 e. The Labute approximate surface area is 808 Å². The van der Waals surface area contributed by atoms with Crippen molar-refractivity contribution in [3.05, 3.63) is 320 Å². The number of piperidine rings is 1. The number of carboxylic acids is 1. The average molecular weight is 1880 g/mol. The molecule has 11 aromatic rings. The molecule has 0 saturated carbocycles. The van der Waals surface area contributed by atoms with E-state index >= 15 is 0 Å². The number of amidine groups is 3. The SMILES string of the molecule is CC[NH+]1CCCC(Cc2cc(C)nc(CC(=[NH2+])Cc3ccc(Cl)c(C)c3)n2)C1.O=C(Nc1cc(CCCc2cccc(C3=[NH+]CCN3)c2)cc(C(=O)[O-])c1)Nc1cccc(C2=NCCN2)c1.O=C(Nc1ccc(C2=NCCC2)cc1)Nc1cccc(NC(=O)Nc2cccc(C3=[NH+]CCN3)c2)c1.O=C(Nc1cccc(NC(=O)Nc2cccc(C3NCC[NH2+]3)c2)c1)Nc1cccc(C2=[NH+]CCC2)c1. The van der Waals surface area contributed by atoms with Crippen molar-refractivity contribution in [2.75, 3.05) is 138 Å². The van der Waals surface area contributed by atoms with Crippen LogP contribution in [-0.2, 0) is 32.1 Å². The lowest BCUT2D eigenvalue weighted by Crippen LogP contribution is -3.13. The number of nitrogens with two attached hydrogens (primary N) is 2. The van der Waals surface area contributed by atoms with Crippen LogP contribution in [0.1, 0.15) is 141 Å². The number of carboxylic acid groups (broad SMARTS) is 1. The molecule has 10 aromatic carbocycles. The van der Waals surface area contributed by atoms with Gasteiger partial charge in [-0.25, -0.2) is 38.9 Å². The molecule has 0 spiro atoms. The highest BCUT2D eigenvalue weighted by molar-refractivity contribution is 6.31. The van der Waals surface area contributed by atoms with Gasteiger partial charge in [-0.05, 0) is 257 Å². The number of aromatic carboxylic acids is 1. The second-order valence-electron chi connectivity index (χ2n) is 35.1. The number of amides is 10. The van der Waals surface area contributed by atoms with Crippen molar-refractivity contribution in [3.63, 3.8) is 0 Å². The zero-order valence-electron chi connectivity index (χ0n) is 78.0. The standard InChI is InChI=1S/C29H30N6O3.C27H29N7O2.C27H27N7O2.C23H31ClN4/c36-28(37)23-15-20(6-1-4-19-5-2-7-21(14-19)26-30-10-11-31-26)16-25(18-23)35-29(38)34-24-9-3-8-22(17-24)27-32-12-13-33-27;35-26(31-20-7-1-5-18(15-20)24-11-4-12-28-24)33-22-9-3-10-23(17-22)34-27(36)32-21-8-2-6-19(16-21)25-29-13-14-30-25;35-26(31-20-11-9-18(10-12-20)24-8-3-13-28-24)33-22-6-2-7-23(17-22)34-27(36)32-21-5-1-4-19(16-21)25-29-14-15-30-25;1-4-28-9-5-6-19(15-28)13-21-11-17(3)26-23(27-21)14-20(25)12-18-7-8-22(24)16(2)10-18/h2-3,5,7-9,14-18H,1,4,6,10-13H2,(H,30,31)(H,32,33)(H,36,37)(H2,34,35,38);1-3,5-10,15-17,25,29-30H,4,11-14H2,(H2,31,33,35)(H2,32,34,36);1-2,4-7,9-12,16-17H,3,8,13-15H2,(H,29,30)(H2,31,33,35)(H2,32,34,36);7-8,10-11,19,25H,4-6,9,12-15H2,1-3H3/p+5. The number of aliphatic imine (C=N–C) groups is 2. The molecule has 10 amide bonds. The number of quaternary nitrogens is 2. The van der Waals surface area contributed by atoms with E-state index in [9.17, 15) is 33.9 Å². The maximum absolute atomic E-state index is 12.7. The summed E-state index contributed by atoms with van der Waals surface area (Å²) in [5.41, 5.74) is 22.1. The zero-order valence-corrected chi connectivity index (χ0v) is 78.8. The molecule has 7 aliphatic heterocycles. The number of aryl methyl sites for hydroxylation is 4. The molecule has 3 unspecified atom stereocenters. The molecule has 18 rings (SSSR count). The van der Waals surface area contributed by atoms with Crippen LogP contribution in [0, 0.1) is 19.8 Å². The topological polar surface area (TPSA) is 433 Å². The van der Waals surface area contributed by atoms with Crippen LogP contribution in [0.3, 0.4) is 0 Å². The number of halogens is 1. The van der Waals surface area contributed by atoms with Gasteiger partial charge in [0, 0.05) is 128 Å². The number of anilines is 10. The van der Waals surface area contributed by atoms with Crippen LogP contribution in [0.25, 0.3) is 0 Å². The maximum atomic E-state index is 12.7. The van der Waals surface area contributed by atoms with E-state index in [1.54, 1.807) is 71.6 Å². The van der Waals surface area contributed by atoms with E-state index in [1.807, 2.05) is 140 Å². The third-order valence-electron chi connectivity index (χ3n) is 24.2. The number of benzene rings is 10. The Bertz CT molecular complexity index is 6370. The van der Waals surface area contributed by atoms with Gasteiger partial charge in [0.25, 0.3) is 11.7 Å². The first-order valence-electron chi connectivity index (χ1n) is 47.5. The first kappa shape index (κ1) is 97.2. The van der Waals surface area contributed by atoms with Crippen LogP contribution in [-0.4, -0.2) is 166 Å². The normalized spacial score (nSPS) is 16.0. The van der Waals surface area contributed by atoms with Crippen LogP contribution in [0.15, 0.2) is 247 Å². The number of urea groups is 5. The van der Waals surface area contributed by atoms with Crippen LogP contribution >= 0.6 is 11.6 Å². The van der Waals surface area contributed by atoms with Crippen molar-refractivity contribution < 1.29 is 64.5 Å². The third kappa shape index (κ3) is 29.6. The van der Waals surface area contributed by atoms with E-state index in [1.165, 1.54) is 61.1 Å². The second-order valence-corrected chi connectivity index (χ2v) is 35.5. The fourth-order valence-corrected chi connectivity index (χ4v) is 17.8. The van der Waals surface area contributed by atoms with Crippen molar-refractivity contribution in [2.45, 2.75) is 104 Å². The molecule has 3 atom stereocenters. The number of likely N-dealkylation sites (tertiary alicyclic amines) is 1. The summed E-state index contributed by atoms with van der Waals surface area (Å²) >= 11 is 6.12. The number of hydrogen-bond donors (Lipinski definition) is 20. The predicted octanol–water partition coefficient (Wildman–Crippen LogP) is 7.03. The molecule has 0 bridgehead atoms. The molecule has 31 nitrogen and oxygen atoms in total. The van der Waals surface area contributed by atoms with Gasteiger partial charge in [0.2, 0.25) is 0 Å². The Morgan fingerprint density at radius 2 is 1.05 bits per heavy atom. The predicted molar refractivity (Wildman–Crippen MR) is 545 cm³/mol. The lowest BCUT2D eigenvalue weighted by atomic mass is 9.93. The molecular formula is C106H122ClN24O7+5. The number of carbonyl (C=O) groups excluding carboxylic acids is 6. The Morgan fingerprint density at radius 1 is 0.486 bits per heavy atom. The van der Waals surface area contributed by atoms with Gasteiger partial charge in [-0.15, -0.1) is 0 Å². The van der Waals surface area contributed by atoms with Crippen molar-refractivity contribution >= 4 is 139 Å². The zero-order chi connectivity index (χ0) is 95.9. The minimum atomic E-state index is -1.28. The first-order valence-corrected chi connectivity index (χ1v) is 47.8. The third-order valence-corrected chi connectivity index (χ3v) is 24.6. The van der Waals surface area contributed by atoms with Crippen LogP contribution < -0.4 is 110 Å². The summed E-state index contributed by atoms with van der Waals surface area (Å²) in [6.07, 6.45) is 11.8. The van der Waals surface area contributed by atoms with Gasteiger partial charge in [-0.3, -0.25) is 41.3 Å². The number of nitrogens with one attached hydrogen (secondary N) is 18. The van der Waals surface area contributed by atoms with E-state index in [4.69, 9.17) is 22.0 Å². The Hall–Kier alpha value is -15.3. The van der Waals surface area contributed by atoms with Gasteiger partial charge in [0.15, 0.2) is 17.6 Å². The molecule has 2 fully saturated rings. The van der Waals surface area contributed by atoms with Crippen molar-refractivity contribution in [1.82, 2.24) is 31.2 Å². The summed E-state index contributed by atoms with van der Waals surface area (Å²) in [6, 6.07) is 71.7.